The number of nitrogens with one attached hydrogen (secondary N) is 1. The van der Waals surface area contributed by atoms with E-state index in [9.17, 15) is 0 Å². The summed E-state index contributed by atoms with van der Waals surface area (Å²) in [4.78, 5) is 14.6. The van der Waals surface area contributed by atoms with E-state index in [1.807, 2.05) is 83.5 Å². The van der Waals surface area contributed by atoms with Crippen molar-refractivity contribution in [2.45, 2.75) is 98.3 Å². The monoisotopic (exact) mass is 609 g/mol. The van der Waals surface area contributed by atoms with E-state index in [-0.39, 0.29) is 25.2 Å². The zero-order chi connectivity index (χ0) is 31.6. The molecule has 1 heterocycles. The van der Waals surface area contributed by atoms with Crippen LogP contribution in [0.25, 0.3) is 0 Å². The highest BCUT2D eigenvalue weighted by molar-refractivity contribution is 8.76. The molecule has 1 aromatic rings. The SMILES string of the molecule is C=O.CC.CC(C)C(C)O.CCC(C)C(O)CO.CCN(CCO)CCCCNCCCSSc1ccccn1. The molecule has 5 N–H and O–H groups in total. The molecule has 0 spiro atoms. The summed E-state index contributed by atoms with van der Waals surface area (Å²) in [7, 11) is 3.63. The first-order chi connectivity index (χ1) is 19.2. The first-order valence-electron chi connectivity index (χ1n) is 14.7. The minimum absolute atomic E-state index is 0.116. The van der Waals surface area contributed by atoms with E-state index in [2.05, 4.69) is 22.1 Å². The molecule has 0 bridgehead atoms. The lowest BCUT2D eigenvalue weighted by Crippen LogP contribution is -2.28. The van der Waals surface area contributed by atoms with Gasteiger partial charge in [0.05, 0.1) is 25.4 Å². The Morgan fingerprint density at radius 2 is 1.57 bits per heavy atom. The van der Waals surface area contributed by atoms with Gasteiger partial charge in [-0.3, -0.25) is 0 Å². The van der Waals surface area contributed by atoms with Crippen LogP contribution in [0.5, 0.6) is 0 Å². The fourth-order valence-corrected chi connectivity index (χ4v) is 4.45. The Morgan fingerprint density at radius 3 is 2.00 bits per heavy atom. The molecular weight excluding hydrogens is 546 g/mol. The fourth-order valence-electron chi connectivity index (χ4n) is 2.49. The molecule has 0 saturated carbocycles. The van der Waals surface area contributed by atoms with E-state index >= 15 is 0 Å². The molecule has 1 aromatic heterocycles. The van der Waals surface area contributed by atoms with Gasteiger partial charge in [0.2, 0.25) is 0 Å². The summed E-state index contributed by atoms with van der Waals surface area (Å²) < 4.78 is 0. The zero-order valence-electron chi connectivity index (χ0n) is 26.7. The fraction of sp³-hybridized carbons (Fsp3) is 0.800. The van der Waals surface area contributed by atoms with E-state index in [4.69, 9.17) is 25.2 Å². The molecule has 1 rings (SSSR count). The van der Waals surface area contributed by atoms with Crippen molar-refractivity contribution in [1.82, 2.24) is 15.2 Å². The molecule has 240 valence electrons. The molecule has 0 fully saturated rings. The van der Waals surface area contributed by atoms with E-state index in [0.29, 0.717) is 5.92 Å². The van der Waals surface area contributed by atoms with Crippen molar-refractivity contribution in [3.05, 3.63) is 24.4 Å². The maximum absolute atomic E-state index is 8.92. The maximum Gasteiger partial charge on any atom is 0.106 e. The maximum atomic E-state index is 8.92. The Morgan fingerprint density at radius 1 is 0.975 bits per heavy atom. The number of aliphatic hydroxyl groups is 4. The van der Waals surface area contributed by atoms with Crippen molar-refractivity contribution in [3.8, 4) is 0 Å². The van der Waals surface area contributed by atoms with E-state index in [1.165, 1.54) is 19.3 Å². The second-order valence-corrected chi connectivity index (χ2v) is 11.6. The topological polar surface area (TPSA) is 126 Å². The molecule has 40 heavy (non-hydrogen) atoms. The van der Waals surface area contributed by atoms with Crippen LogP contribution in [0.4, 0.5) is 0 Å². The van der Waals surface area contributed by atoms with Gasteiger partial charge in [-0.15, -0.1) is 0 Å². The van der Waals surface area contributed by atoms with Crippen LogP contribution in [0.1, 0.15) is 81.1 Å². The molecule has 3 unspecified atom stereocenters. The van der Waals surface area contributed by atoms with Gasteiger partial charge >= 0.3 is 0 Å². The highest BCUT2D eigenvalue weighted by Gasteiger charge is 2.09. The summed E-state index contributed by atoms with van der Waals surface area (Å²) in [5.74, 6) is 1.78. The summed E-state index contributed by atoms with van der Waals surface area (Å²) in [6.07, 6.45) is 5.68. The van der Waals surface area contributed by atoms with Gasteiger partial charge in [0, 0.05) is 18.5 Å². The third-order valence-electron chi connectivity index (χ3n) is 5.76. The number of nitrogens with zero attached hydrogens (tertiary/aromatic N) is 2. The van der Waals surface area contributed by atoms with E-state index in [0.717, 1.165) is 49.9 Å². The summed E-state index contributed by atoms with van der Waals surface area (Å²) in [5, 5.41) is 39.4. The number of carbonyl (C=O) groups is 1. The number of aliphatic hydroxyl groups excluding tert-OH is 4. The second kappa shape index (κ2) is 38.3. The number of hydrogen-bond donors (Lipinski definition) is 5. The number of unbranched alkanes of at least 4 members (excludes halogenated alkanes) is 1. The van der Waals surface area contributed by atoms with Gasteiger partial charge in [0.15, 0.2) is 0 Å². The number of aromatic nitrogens is 1. The van der Waals surface area contributed by atoms with Gasteiger partial charge in [-0.05, 0) is 87.1 Å². The summed E-state index contributed by atoms with van der Waals surface area (Å²) >= 11 is 0. The molecular formula is C30H63N3O5S2. The molecule has 0 amide bonds. The Kier molecular flexibility index (Phi) is 44.3. The zero-order valence-corrected chi connectivity index (χ0v) is 28.4. The second-order valence-electron chi connectivity index (χ2n) is 9.16. The highest BCUT2D eigenvalue weighted by atomic mass is 33.1. The predicted octanol–water partition coefficient (Wildman–Crippen LogP) is 5.15. The van der Waals surface area contributed by atoms with Gasteiger partial charge in [-0.1, -0.05) is 71.7 Å². The normalized spacial score (nSPS) is 12.3. The average Bonchev–Trinajstić information content (AvgIpc) is 2.99. The minimum atomic E-state index is -0.528. The van der Waals surface area contributed by atoms with Gasteiger partial charge in [0.25, 0.3) is 0 Å². The Balaban J connectivity index is -0.000000295. The molecule has 0 saturated heterocycles. The minimum Gasteiger partial charge on any atom is -0.395 e. The van der Waals surface area contributed by atoms with Crippen molar-refractivity contribution >= 4 is 28.4 Å². The standard InChI is InChI=1S/C16H29N3OS2.C6H14O2.C5H12O.C2H6.CH2O/c1-2-19(13-14-20)12-6-5-9-17-10-7-15-21-22-16-8-3-4-11-18-16;1-3-5(2)6(8)4-7;1-4(2)5(3)6;2*1-2/h3-4,8,11,17,20H,2,5-7,9-10,12-15H2,1H3;5-8H,3-4H2,1-2H3;4-6H,1-3H3;1-2H3;1H2. The number of pyridine rings is 1. The smallest absolute Gasteiger partial charge is 0.106 e. The van der Waals surface area contributed by atoms with Crippen LogP contribution >= 0.6 is 21.6 Å². The van der Waals surface area contributed by atoms with Gasteiger partial charge in [-0.25, -0.2) is 4.98 Å². The first-order valence-corrected chi connectivity index (χ1v) is 17.0. The molecule has 0 aromatic carbocycles. The third-order valence-corrected chi connectivity index (χ3v) is 8.11. The quantitative estimate of drug-likeness (QED) is 0.113. The van der Waals surface area contributed by atoms with Crippen LogP contribution < -0.4 is 5.32 Å². The Labute approximate surface area is 254 Å². The number of rotatable bonds is 18. The Hall–Kier alpha value is -0.720. The highest BCUT2D eigenvalue weighted by Crippen LogP contribution is 2.29. The van der Waals surface area contributed by atoms with Gasteiger partial charge in [0.1, 0.15) is 11.8 Å². The third kappa shape index (κ3) is 35.3. The van der Waals surface area contributed by atoms with Crippen LogP contribution in [0.2, 0.25) is 0 Å². The van der Waals surface area contributed by atoms with Crippen LogP contribution in [-0.4, -0.2) is 101 Å². The van der Waals surface area contributed by atoms with Crippen molar-refractivity contribution in [3.63, 3.8) is 0 Å². The van der Waals surface area contributed by atoms with Gasteiger partial charge < -0.3 is 35.4 Å². The lowest BCUT2D eigenvalue weighted by molar-refractivity contribution is -0.0980. The molecule has 0 radical (unpaired) electrons. The number of hydrogen-bond acceptors (Lipinski definition) is 10. The Bertz CT molecular complexity index is 562. The summed E-state index contributed by atoms with van der Waals surface area (Å²) in [6, 6.07) is 6.02. The molecule has 0 aliphatic rings. The lowest BCUT2D eigenvalue weighted by Gasteiger charge is -2.18. The molecule has 0 aliphatic heterocycles. The summed E-state index contributed by atoms with van der Waals surface area (Å²) in [6.45, 7) is 23.1. The van der Waals surface area contributed by atoms with Crippen molar-refractivity contribution in [2.75, 3.05) is 51.7 Å². The largest absolute Gasteiger partial charge is 0.395 e. The van der Waals surface area contributed by atoms with Crippen molar-refractivity contribution < 1.29 is 25.2 Å². The van der Waals surface area contributed by atoms with Crippen molar-refractivity contribution in [2.24, 2.45) is 11.8 Å². The summed E-state index contributed by atoms with van der Waals surface area (Å²) in [5.41, 5.74) is 0. The van der Waals surface area contributed by atoms with Crippen LogP contribution in [0, 0.1) is 11.8 Å². The van der Waals surface area contributed by atoms with Crippen molar-refractivity contribution in [1.29, 1.82) is 0 Å². The molecule has 8 nitrogen and oxygen atoms in total. The molecule has 3 atom stereocenters. The van der Waals surface area contributed by atoms with E-state index in [1.54, 1.807) is 17.7 Å². The average molecular weight is 610 g/mol. The number of carbonyl (C=O) groups excluding carboxylic acids is 1. The van der Waals surface area contributed by atoms with Crippen LogP contribution in [0.3, 0.4) is 0 Å². The van der Waals surface area contributed by atoms with Crippen LogP contribution in [-0.2, 0) is 4.79 Å². The molecule has 0 aliphatic carbocycles. The van der Waals surface area contributed by atoms with Crippen LogP contribution in [0.15, 0.2) is 29.4 Å². The lowest BCUT2D eigenvalue weighted by atomic mass is 10.0. The van der Waals surface area contributed by atoms with E-state index < -0.39 is 6.10 Å². The molecule has 10 heteroatoms. The first kappa shape index (κ1) is 46.2. The van der Waals surface area contributed by atoms with Gasteiger partial charge in [-0.2, -0.15) is 0 Å². The number of likely N-dealkylation sites (N-methyl/N-ethyl adjacent to an activating group) is 1. The predicted molar refractivity (Wildman–Crippen MR) is 176 cm³/mol.